The highest BCUT2D eigenvalue weighted by atomic mass is 127. The van der Waals surface area contributed by atoms with Crippen LogP contribution in [0.1, 0.15) is 24.2 Å². The number of amides is 1. The van der Waals surface area contributed by atoms with Gasteiger partial charge in [-0.2, -0.15) is 0 Å². The first kappa shape index (κ1) is 23.4. The van der Waals surface area contributed by atoms with Crippen LogP contribution in [-0.2, 0) is 28.4 Å². The minimum Gasteiger partial charge on any atom is -0.348 e. The zero-order chi connectivity index (χ0) is 22.9. The lowest BCUT2D eigenvalue weighted by molar-refractivity contribution is -0.147. The Morgan fingerprint density at radius 1 is 1.32 bits per heavy atom. The molecule has 168 valence electrons. The number of nitrogens with one attached hydrogen (secondary N) is 2. The van der Waals surface area contributed by atoms with Crippen LogP contribution < -0.4 is 22.0 Å². The molecule has 31 heavy (non-hydrogen) atoms. The predicted molar refractivity (Wildman–Crippen MR) is 118 cm³/mol. The molecule has 0 saturated carbocycles. The second-order valence-electron chi connectivity index (χ2n) is 7.37. The van der Waals surface area contributed by atoms with Gasteiger partial charge in [-0.05, 0) is 54.6 Å². The third kappa shape index (κ3) is 5.14. The smallest absolute Gasteiger partial charge is 0.332 e. The van der Waals surface area contributed by atoms with E-state index in [9.17, 15) is 18.8 Å². The van der Waals surface area contributed by atoms with E-state index < -0.39 is 40.4 Å². The molecule has 1 aromatic carbocycles. The maximum atomic E-state index is 14.3. The van der Waals surface area contributed by atoms with Crippen LogP contribution in [0.5, 0.6) is 0 Å². The summed E-state index contributed by atoms with van der Waals surface area (Å²) in [5.41, 5.74) is 0.219. The molecule has 3 rings (SSSR count). The number of hydroxylamine groups is 1. The summed E-state index contributed by atoms with van der Waals surface area (Å²) in [7, 11) is 2.60. The Bertz CT molecular complexity index is 1130. The van der Waals surface area contributed by atoms with Gasteiger partial charge < -0.3 is 14.8 Å². The SMILES string of the molecule is Cn1c(Nc2ccc(I)cc2F)c(C(=O)NOC[C@H]2COC(C)(C)O2)c(=O)n(C)c1=O. The Hall–Kier alpha value is -2.29. The van der Waals surface area contributed by atoms with Crippen LogP contribution in [0.25, 0.3) is 0 Å². The molecule has 0 unspecified atom stereocenters. The molecule has 0 bridgehead atoms. The number of rotatable bonds is 6. The number of halogens is 2. The van der Waals surface area contributed by atoms with Gasteiger partial charge in [-0.3, -0.25) is 23.6 Å². The van der Waals surface area contributed by atoms with Crippen LogP contribution in [-0.4, -0.2) is 40.1 Å². The zero-order valence-electron chi connectivity index (χ0n) is 17.3. The van der Waals surface area contributed by atoms with E-state index in [4.69, 9.17) is 14.3 Å². The number of ether oxygens (including phenoxy) is 2. The van der Waals surface area contributed by atoms with Gasteiger partial charge in [0.25, 0.3) is 11.5 Å². The van der Waals surface area contributed by atoms with E-state index >= 15 is 0 Å². The highest BCUT2D eigenvalue weighted by molar-refractivity contribution is 14.1. The average Bonchev–Trinajstić information content (AvgIpc) is 3.04. The minimum atomic E-state index is -0.900. The van der Waals surface area contributed by atoms with Gasteiger partial charge in [0.15, 0.2) is 5.79 Å². The number of carbonyl (C=O) groups excluding carboxylic acids is 1. The lowest BCUT2D eigenvalue weighted by Crippen LogP contribution is -2.44. The number of anilines is 2. The molecule has 1 amide bonds. The fourth-order valence-electron chi connectivity index (χ4n) is 3.01. The Morgan fingerprint density at radius 3 is 2.65 bits per heavy atom. The minimum absolute atomic E-state index is 0.00243. The quantitative estimate of drug-likeness (QED) is 0.415. The molecule has 2 aromatic rings. The summed E-state index contributed by atoms with van der Waals surface area (Å²) in [4.78, 5) is 43.0. The molecule has 1 aromatic heterocycles. The van der Waals surface area contributed by atoms with Crippen LogP contribution >= 0.6 is 22.6 Å². The Morgan fingerprint density at radius 2 is 2.03 bits per heavy atom. The summed E-state index contributed by atoms with van der Waals surface area (Å²) in [6, 6.07) is 4.35. The molecule has 2 N–H and O–H groups in total. The molecule has 1 aliphatic rings. The lowest BCUT2D eigenvalue weighted by Gasteiger charge is -2.18. The Balaban J connectivity index is 1.87. The van der Waals surface area contributed by atoms with Crippen molar-refractivity contribution in [2.24, 2.45) is 14.1 Å². The first-order valence-corrected chi connectivity index (χ1v) is 10.3. The van der Waals surface area contributed by atoms with Gasteiger partial charge in [0.2, 0.25) is 0 Å². The van der Waals surface area contributed by atoms with Crippen molar-refractivity contribution < 1.29 is 23.5 Å². The first-order chi connectivity index (χ1) is 14.5. The Labute approximate surface area is 190 Å². The van der Waals surface area contributed by atoms with Crippen molar-refractivity contribution in [1.82, 2.24) is 14.6 Å². The molecule has 0 spiro atoms. The van der Waals surface area contributed by atoms with E-state index in [1.54, 1.807) is 19.9 Å². The molecular formula is C19H22FIN4O6. The molecule has 1 saturated heterocycles. The second kappa shape index (κ2) is 9.06. The molecule has 2 heterocycles. The van der Waals surface area contributed by atoms with Gasteiger partial charge >= 0.3 is 5.69 Å². The molecule has 0 radical (unpaired) electrons. The van der Waals surface area contributed by atoms with Gasteiger partial charge in [0.1, 0.15) is 29.9 Å². The number of carbonyl (C=O) groups is 1. The number of aromatic nitrogens is 2. The largest absolute Gasteiger partial charge is 0.348 e. The van der Waals surface area contributed by atoms with E-state index in [0.29, 0.717) is 3.57 Å². The van der Waals surface area contributed by atoms with E-state index in [0.717, 1.165) is 9.13 Å². The predicted octanol–water partition coefficient (Wildman–Crippen LogP) is 1.38. The monoisotopic (exact) mass is 548 g/mol. The van der Waals surface area contributed by atoms with E-state index in [2.05, 4.69) is 10.8 Å². The summed E-state index contributed by atoms with van der Waals surface area (Å²) in [5, 5.41) is 2.68. The van der Waals surface area contributed by atoms with Crippen LogP contribution in [0.3, 0.4) is 0 Å². The number of benzene rings is 1. The van der Waals surface area contributed by atoms with E-state index in [-0.39, 0.29) is 24.7 Å². The maximum Gasteiger partial charge on any atom is 0.332 e. The molecule has 1 aliphatic heterocycles. The van der Waals surface area contributed by atoms with Crippen LogP contribution in [0.2, 0.25) is 0 Å². The van der Waals surface area contributed by atoms with Crippen molar-refractivity contribution in [3.63, 3.8) is 0 Å². The standard InChI is InChI=1S/C19H22FIN4O6/c1-19(2)29-8-11(31-19)9-30-23-16(26)14-15(24(3)18(28)25(4)17(14)27)22-13-6-5-10(21)7-12(13)20/h5-7,11,22H,8-9H2,1-4H3,(H,23,26)/t11-/m1/s1. The molecule has 0 aliphatic carbocycles. The summed E-state index contributed by atoms with van der Waals surface area (Å²) in [6.45, 7) is 3.77. The van der Waals surface area contributed by atoms with Crippen molar-refractivity contribution in [1.29, 1.82) is 0 Å². The number of hydrogen-bond donors (Lipinski definition) is 2. The Kier molecular flexibility index (Phi) is 6.83. The fourth-order valence-corrected chi connectivity index (χ4v) is 3.46. The van der Waals surface area contributed by atoms with Crippen LogP contribution in [0, 0.1) is 9.39 Å². The van der Waals surface area contributed by atoms with Crippen molar-refractivity contribution in [2.75, 3.05) is 18.5 Å². The molecule has 1 atom stereocenters. The molecule has 1 fully saturated rings. The highest BCUT2D eigenvalue weighted by Gasteiger charge is 2.33. The topological polar surface area (TPSA) is 113 Å². The number of nitrogens with zero attached hydrogens (tertiary/aromatic N) is 2. The molecule has 10 nitrogen and oxygen atoms in total. The lowest BCUT2D eigenvalue weighted by atomic mass is 10.2. The summed E-state index contributed by atoms with van der Waals surface area (Å²) in [5.74, 6) is -2.43. The van der Waals surface area contributed by atoms with Crippen LogP contribution in [0.15, 0.2) is 27.8 Å². The normalized spacial score (nSPS) is 17.5. The zero-order valence-corrected chi connectivity index (χ0v) is 19.5. The van der Waals surface area contributed by atoms with Crippen molar-refractivity contribution in [3.8, 4) is 0 Å². The average molecular weight is 548 g/mol. The molecule has 12 heteroatoms. The van der Waals surface area contributed by atoms with Gasteiger partial charge in [0, 0.05) is 17.7 Å². The van der Waals surface area contributed by atoms with Gasteiger partial charge in [-0.25, -0.2) is 14.7 Å². The van der Waals surface area contributed by atoms with Gasteiger partial charge in [-0.1, -0.05) is 0 Å². The molecular weight excluding hydrogens is 526 g/mol. The second-order valence-corrected chi connectivity index (χ2v) is 8.62. The first-order valence-electron chi connectivity index (χ1n) is 9.26. The summed E-state index contributed by atoms with van der Waals surface area (Å²) < 4.78 is 27.8. The third-order valence-corrected chi connectivity index (χ3v) is 5.25. The van der Waals surface area contributed by atoms with Gasteiger partial charge in [-0.15, -0.1) is 0 Å². The van der Waals surface area contributed by atoms with Crippen molar-refractivity contribution >= 4 is 40.0 Å². The third-order valence-electron chi connectivity index (χ3n) is 4.58. The highest BCUT2D eigenvalue weighted by Crippen LogP contribution is 2.23. The van der Waals surface area contributed by atoms with Crippen molar-refractivity contribution in [3.05, 3.63) is 54.0 Å². The maximum absolute atomic E-state index is 14.3. The van der Waals surface area contributed by atoms with Crippen molar-refractivity contribution in [2.45, 2.75) is 25.7 Å². The fraction of sp³-hybridized carbons (Fsp3) is 0.421. The summed E-state index contributed by atoms with van der Waals surface area (Å²) in [6.07, 6.45) is -0.406. The van der Waals surface area contributed by atoms with E-state index in [1.165, 1.54) is 26.2 Å². The van der Waals surface area contributed by atoms with Gasteiger partial charge in [0.05, 0.1) is 12.3 Å². The van der Waals surface area contributed by atoms with Crippen LogP contribution in [0.4, 0.5) is 15.9 Å². The van der Waals surface area contributed by atoms with E-state index in [1.807, 2.05) is 22.6 Å². The number of hydrogen-bond acceptors (Lipinski definition) is 7. The summed E-state index contributed by atoms with van der Waals surface area (Å²) >= 11 is 1.95.